The molecular weight excluding hydrogens is 328 g/mol. The number of halogens is 3. The van der Waals surface area contributed by atoms with Gasteiger partial charge in [0.1, 0.15) is 18.1 Å². The predicted octanol–water partition coefficient (Wildman–Crippen LogP) is 3.75. The number of para-hydroxylation sites is 1. The highest BCUT2D eigenvalue weighted by atomic mass is 35.5. The van der Waals surface area contributed by atoms with Crippen LogP contribution < -0.4 is 14.8 Å². The molecule has 0 heterocycles. The number of hydrogen-bond acceptors (Lipinski definition) is 3. The summed E-state index contributed by atoms with van der Waals surface area (Å²) in [6.07, 6.45) is 0. The van der Waals surface area contributed by atoms with Crippen LogP contribution in [0, 0.1) is 0 Å². The highest BCUT2D eigenvalue weighted by Crippen LogP contribution is 2.20. The molecule has 0 atom stereocenters. The summed E-state index contributed by atoms with van der Waals surface area (Å²) in [4.78, 5) is 12.0. The fourth-order valence-electron chi connectivity index (χ4n) is 1.81. The van der Waals surface area contributed by atoms with Crippen molar-refractivity contribution in [1.82, 2.24) is 5.32 Å². The SMILES string of the molecule is O=C(NCCOc1ccc(Cl)cc1)c1ccccc1OC(F)F. The Balaban J connectivity index is 1.84. The summed E-state index contributed by atoms with van der Waals surface area (Å²) < 4.78 is 34.3. The second kappa shape index (κ2) is 8.33. The third-order valence-electron chi connectivity index (χ3n) is 2.82. The Labute approximate surface area is 137 Å². The molecule has 0 aliphatic heterocycles. The lowest BCUT2D eigenvalue weighted by Crippen LogP contribution is -2.28. The van der Waals surface area contributed by atoms with Crippen molar-refractivity contribution in [2.75, 3.05) is 13.2 Å². The fourth-order valence-corrected chi connectivity index (χ4v) is 1.94. The molecule has 0 aliphatic carbocycles. The Morgan fingerprint density at radius 2 is 1.83 bits per heavy atom. The van der Waals surface area contributed by atoms with Crippen molar-refractivity contribution in [3.63, 3.8) is 0 Å². The minimum Gasteiger partial charge on any atom is -0.492 e. The van der Waals surface area contributed by atoms with Crippen LogP contribution in [0.25, 0.3) is 0 Å². The van der Waals surface area contributed by atoms with E-state index in [0.29, 0.717) is 10.8 Å². The first-order valence-electron chi connectivity index (χ1n) is 6.76. The van der Waals surface area contributed by atoms with Crippen molar-refractivity contribution in [1.29, 1.82) is 0 Å². The van der Waals surface area contributed by atoms with Gasteiger partial charge in [-0.05, 0) is 36.4 Å². The quantitative estimate of drug-likeness (QED) is 0.780. The van der Waals surface area contributed by atoms with Crippen molar-refractivity contribution in [2.24, 2.45) is 0 Å². The molecule has 0 saturated heterocycles. The summed E-state index contributed by atoms with van der Waals surface area (Å²) in [5.41, 5.74) is 0.0410. The first-order valence-corrected chi connectivity index (χ1v) is 7.14. The van der Waals surface area contributed by atoms with E-state index in [-0.39, 0.29) is 24.5 Å². The maximum Gasteiger partial charge on any atom is 0.387 e. The van der Waals surface area contributed by atoms with Gasteiger partial charge in [-0.1, -0.05) is 23.7 Å². The van der Waals surface area contributed by atoms with E-state index in [2.05, 4.69) is 10.1 Å². The molecular formula is C16H14ClF2NO3. The molecule has 2 rings (SSSR count). The van der Waals surface area contributed by atoms with Crippen molar-refractivity contribution in [2.45, 2.75) is 6.61 Å². The van der Waals surface area contributed by atoms with Crippen molar-refractivity contribution < 1.29 is 23.0 Å². The average Bonchev–Trinajstić information content (AvgIpc) is 2.53. The Morgan fingerprint density at radius 3 is 2.52 bits per heavy atom. The van der Waals surface area contributed by atoms with Gasteiger partial charge in [-0.15, -0.1) is 0 Å². The second-order valence-corrected chi connectivity index (χ2v) is 4.87. The van der Waals surface area contributed by atoms with Crippen LogP contribution in [0.5, 0.6) is 11.5 Å². The number of nitrogens with one attached hydrogen (secondary N) is 1. The zero-order valence-corrected chi connectivity index (χ0v) is 12.7. The van der Waals surface area contributed by atoms with E-state index in [9.17, 15) is 13.6 Å². The van der Waals surface area contributed by atoms with Gasteiger partial charge < -0.3 is 14.8 Å². The molecule has 122 valence electrons. The summed E-state index contributed by atoms with van der Waals surface area (Å²) in [6, 6.07) is 12.6. The van der Waals surface area contributed by atoms with Crippen LogP contribution in [0.3, 0.4) is 0 Å². The zero-order chi connectivity index (χ0) is 16.7. The Hall–Kier alpha value is -2.34. The molecule has 2 aromatic rings. The molecule has 7 heteroatoms. The number of rotatable bonds is 7. The van der Waals surface area contributed by atoms with Gasteiger partial charge in [0.05, 0.1) is 12.1 Å². The fraction of sp³-hybridized carbons (Fsp3) is 0.188. The molecule has 0 aromatic heterocycles. The molecule has 0 aliphatic rings. The minimum atomic E-state index is -2.99. The summed E-state index contributed by atoms with van der Waals surface area (Å²) in [6.45, 7) is -2.55. The van der Waals surface area contributed by atoms with Crippen LogP contribution in [-0.4, -0.2) is 25.7 Å². The highest BCUT2D eigenvalue weighted by Gasteiger charge is 2.14. The lowest BCUT2D eigenvalue weighted by Gasteiger charge is -2.11. The number of carbonyl (C=O) groups is 1. The van der Waals surface area contributed by atoms with E-state index in [1.54, 1.807) is 30.3 Å². The monoisotopic (exact) mass is 341 g/mol. The number of carbonyl (C=O) groups excluding carboxylic acids is 1. The van der Waals surface area contributed by atoms with E-state index in [0.717, 1.165) is 0 Å². The van der Waals surface area contributed by atoms with Gasteiger partial charge in [-0.25, -0.2) is 0 Å². The van der Waals surface area contributed by atoms with Crippen LogP contribution in [0.15, 0.2) is 48.5 Å². The Kier molecular flexibility index (Phi) is 6.17. The lowest BCUT2D eigenvalue weighted by molar-refractivity contribution is -0.0501. The molecule has 4 nitrogen and oxygen atoms in total. The van der Waals surface area contributed by atoms with E-state index in [4.69, 9.17) is 16.3 Å². The molecule has 0 unspecified atom stereocenters. The summed E-state index contributed by atoms with van der Waals surface area (Å²) >= 11 is 5.76. The van der Waals surface area contributed by atoms with Crippen LogP contribution in [0.4, 0.5) is 8.78 Å². The van der Waals surface area contributed by atoms with Gasteiger partial charge >= 0.3 is 6.61 Å². The lowest BCUT2D eigenvalue weighted by atomic mass is 10.2. The summed E-state index contributed by atoms with van der Waals surface area (Å²) in [7, 11) is 0. The molecule has 1 amide bonds. The van der Waals surface area contributed by atoms with Crippen LogP contribution in [0.2, 0.25) is 5.02 Å². The molecule has 0 saturated carbocycles. The number of hydrogen-bond donors (Lipinski definition) is 1. The number of amides is 1. The normalized spacial score (nSPS) is 10.4. The van der Waals surface area contributed by atoms with Crippen LogP contribution in [0.1, 0.15) is 10.4 Å². The van der Waals surface area contributed by atoms with Crippen molar-refractivity contribution in [3.8, 4) is 11.5 Å². The topological polar surface area (TPSA) is 47.6 Å². The summed E-state index contributed by atoms with van der Waals surface area (Å²) in [5.74, 6) is -0.0651. The number of benzene rings is 2. The molecule has 0 radical (unpaired) electrons. The van der Waals surface area contributed by atoms with E-state index >= 15 is 0 Å². The van der Waals surface area contributed by atoms with Gasteiger partial charge in [-0.3, -0.25) is 4.79 Å². The number of ether oxygens (including phenoxy) is 2. The van der Waals surface area contributed by atoms with Crippen molar-refractivity contribution in [3.05, 3.63) is 59.1 Å². The standard InChI is InChI=1S/C16H14ClF2NO3/c17-11-5-7-12(8-6-11)22-10-9-20-15(21)13-3-1-2-4-14(13)23-16(18)19/h1-8,16H,9-10H2,(H,20,21). The molecule has 23 heavy (non-hydrogen) atoms. The molecule has 2 aromatic carbocycles. The van der Waals surface area contributed by atoms with E-state index in [1.807, 2.05) is 0 Å². The van der Waals surface area contributed by atoms with E-state index in [1.165, 1.54) is 18.2 Å². The van der Waals surface area contributed by atoms with Gasteiger partial charge in [0.15, 0.2) is 0 Å². The molecule has 0 bridgehead atoms. The minimum absolute atomic E-state index is 0.0410. The maximum atomic E-state index is 12.3. The zero-order valence-electron chi connectivity index (χ0n) is 12.0. The van der Waals surface area contributed by atoms with Gasteiger partial charge in [0.25, 0.3) is 5.91 Å². The second-order valence-electron chi connectivity index (χ2n) is 4.43. The first-order chi connectivity index (χ1) is 11.1. The molecule has 1 N–H and O–H groups in total. The van der Waals surface area contributed by atoms with Crippen molar-refractivity contribution >= 4 is 17.5 Å². The number of alkyl halides is 2. The van der Waals surface area contributed by atoms with Crippen LogP contribution >= 0.6 is 11.6 Å². The third kappa shape index (κ3) is 5.41. The third-order valence-corrected chi connectivity index (χ3v) is 3.07. The van der Waals surface area contributed by atoms with Crippen LogP contribution in [-0.2, 0) is 0 Å². The average molecular weight is 342 g/mol. The molecule has 0 spiro atoms. The van der Waals surface area contributed by atoms with Gasteiger partial charge in [0.2, 0.25) is 0 Å². The Bertz CT molecular complexity index is 650. The van der Waals surface area contributed by atoms with E-state index < -0.39 is 12.5 Å². The van der Waals surface area contributed by atoms with Gasteiger partial charge in [0, 0.05) is 5.02 Å². The summed E-state index contributed by atoms with van der Waals surface area (Å²) in [5, 5.41) is 3.18. The smallest absolute Gasteiger partial charge is 0.387 e. The van der Waals surface area contributed by atoms with Gasteiger partial charge in [-0.2, -0.15) is 8.78 Å². The largest absolute Gasteiger partial charge is 0.492 e. The first kappa shape index (κ1) is 17.0. The highest BCUT2D eigenvalue weighted by molar-refractivity contribution is 6.30. The molecule has 0 fully saturated rings. The predicted molar refractivity (Wildman–Crippen MR) is 82.4 cm³/mol. The Morgan fingerprint density at radius 1 is 1.13 bits per heavy atom. The maximum absolute atomic E-state index is 12.3.